The van der Waals surface area contributed by atoms with Gasteiger partial charge in [0.25, 0.3) is 0 Å². The van der Waals surface area contributed by atoms with Crippen LogP contribution < -0.4 is 10.6 Å². The van der Waals surface area contributed by atoms with Gasteiger partial charge in [-0.25, -0.2) is 9.38 Å². The van der Waals surface area contributed by atoms with Crippen molar-refractivity contribution in [3.05, 3.63) is 35.1 Å². The van der Waals surface area contributed by atoms with E-state index in [4.69, 9.17) is 0 Å². The molecule has 0 radical (unpaired) electrons. The smallest absolute Gasteiger partial charge is 0.222 e. The van der Waals surface area contributed by atoms with Crippen molar-refractivity contribution in [2.45, 2.75) is 52.5 Å². The van der Waals surface area contributed by atoms with Gasteiger partial charge in [0.15, 0.2) is 5.96 Å². The fourth-order valence-corrected chi connectivity index (χ4v) is 3.07. The summed E-state index contributed by atoms with van der Waals surface area (Å²) in [6.07, 6.45) is 4.87. The Labute approximate surface area is 179 Å². The molecule has 0 bridgehead atoms. The summed E-state index contributed by atoms with van der Waals surface area (Å²) in [4.78, 5) is 18.5. The van der Waals surface area contributed by atoms with Gasteiger partial charge in [0.2, 0.25) is 5.91 Å². The van der Waals surface area contributed by atoms with Crippen LogP contribution in [0.15, 0.2) is 23.2 Å². The average Bonchev–Trinajstić information content (AvgIpc) is 2.83. The van der Waals surface area contributed by atoms with Crippen LogP contribution >= 0.6 is 24.0 Å². The highest BCUT2D eigenvalue weighted by molar-refractivity contribution is 14.0. The molecule has 7 heteroatoms. The minimum absolute atomic E-state index is 0. The molecule has 0 unspecified atom stereocenters. The maximum Gasteiger partial charge on any atom is 0.222 e. The number of guanidine groups is 1. The Morgan fingerprint density at radius 2 is 2.07 bits per heavy atom. The van der Waals surface area contributed by atoms with Gasteiger partial charge in [0.05, 0.1) is 6.54 Å². The monoisotopic (exact) mass is 490 g/mol. The van der Waals surface area contributed by atoms with Crippen LogP contribution in [0.1, 0.15) is 50.2 Å². The first-order chi connectivity index (χ1) is 12.6. The van der Waals surface area contributed by atoms with Crippen molar-refractivity contribution in [1.82, 2.24) is 15.5 Å². The van der Waals surface area contributed by atoms with Crippen molar-refractivity contribution in [3.8, 4) is 0 Å². The highest BCUT2D eigenvalue weighted by atomic mass is 127. The number of rotatable bonds is 7. The highest BCUT2D eigenvalue weighted by Gasteiger charge is 2.15. The third-order valence-corrected chi connectivity index (χ3v) is 4.55. The normalized spacial score (nSPS) is 15.1. The second kappa shape index (κ2) is 12.9. The van der Waals surface area contributed by atoms with E-state index in [1.165, 1.54) is 6.07 Å². The van der Waals surface area contributed by atoms with Gasteiger partial charge in [0, 0.05) is 32.6 Å². The molecule has 0 saturated carbocycles. The lowest BCUT2D eigenvalue weighted by Gasteiger charge is -2.20. The first-order valence-corrected chi connectivity index (χ1v) is 9.65. The van der Waals surface area contributed by atoms with Gasteiger partial charge in [-0.1, -0.05) is 18.6 Å². The molecule has 0 aromatic heterocycles. The van der Waals surface area contributed by atoms with Crippen LogP contribution in [0.2, 0.25) is 0 Å². The third-order valence-electron chi connectivity index (χ3n) is 4.55. The topological polar surface area (TPSA) is 56.7 Å². The Hall–Kier alpha value is -1.38. The van der Waals surface area contributed by atoms with Gasteiger partial charge in [-0.3, -0.25) is 4.79 Å². The summed E-state index contributed by atoms with van der Waals surface area (Å²) in [6, 6.07) is 5.08. The highest BCUT2D eigenvalue weighted by Crippen LogP contribution is 2.11. The van der Waals surface area contributed by atoms with E-state index in [-0.39, 0.29) is 35.7 Å². The van der Waals surface area contributed by atoms with Crippen molar-refractivity contribution >= 4 is 35.8 Å². The van der Waals surface area contributed by atoms with Gasteiger partial charge >= 0.3 is 0 Å². The lowest BCUT2D eigenvalue weighted by atomic mass is 10.1. The van der Waals surface area contributed by atoms with Crippen molar-refractivity contribution in [3.63, 3.8) is 0 Å². The Bertz CT molecular complexity index is 624. The maximum absolute atomic E-state index is 13.3. The van der Waals surface area contributed by atoms with Crippen LogP contribution in [0.25, 0.3) is 0 Å². The molecule has 27 heavy (non-hydrogen) atoms. The van der Waals surface area contributed by atoms with Gasteiger partial charge in [-0.15, -0.1) is 24.0 Å². The minimum atomic E-state index is -0.189. The number of amides is 1. The fraction of sp³-hybridized carbons (Fsp3) is 0.600. The minimum Gasteiger partial charge on any atom is -0.357 e. The number of halogens is 2. The van der Waals surface area contributed by atoms with Crippen molar-refractivity contribution in [1.29, 1.82) is 0 Å². The van der Waals surface area contributed by atoms with Crippen LogP contribution in [-0.2, 0) is 11.3 Å². The Morgan fingerprint density at radius 1 is 1.26 bits per heavy atom. The fourth-order valence-electron chi connectivity index (χ4n) is 3.07. The molecule has 1 aromatic carbocycles. The van der Waals surface area contributed by atoms with Crippen LogP contribution in [0.5, 0.6) is 0 Å². The predicted molar refractivity (Wildman–Crippen MR) is 119 cm³/mol. The van der Waals surface area contributed by atoms with E-state index in [9.17, 15) is 9.18 Å². The summed E-state index contributed by atoms with van der Waals surface area (Å²) in [5.74, 6) is 0.845. The molecule has 1 aromatic rings. The third kappa shape index (κ3) is 8.45. The first-order valence-electron chi connectivity index (χ1n) is 9.65. The quantitative estimate of drug-likeness (QED) is 0.266. The van der Waals surface area contributed by atoms with Gasteiger partial charge in [-0.2, -0.15) is 0 Å². The summed E-state index contributed by atoms with van der Waals surface area (Å²) >= 11 is 0. The van der Waals surface area contributed by atoms with Gasteiger partial charge in [-0.05, 0) is 50.3 Å². The molecule has 1 amide bonds. The zero-order valence-corrected chi connectivity index (χ0v) is 18.7. The molecule has 1 fully saturated rings. The summed E-state index contributed by atoms with van der Waals surface area (Å²) in [5, 5.41) is 6.53. The summed E-state index contributed by atoms with van der Waals surface area (Å²) in [6.45, 7) is 7.50. The van der Waals surface area contributed by atoms with Crippen molar-refractivity contribution in [2.24, 2.45) is 4.99 Å². The number of nitrogens with one attached hydrogen (secondary N) is 2. The molecule has 1 heterocycles. The number of likely N-dealkylation sites (tertiary alicyclic amines) is 1. The van der Waals surface area contributed by atoms with Crippen LogP contribution in [0.3, 0.4) is 0 Å². The molecule has 1 aliphatic rings. The molecule has 1 aliphatic heterocycles. The SMILES string of the molecule is CCNC(=NCc1ccc(F)c(C)c1)NCCCN1CCCCCC1=O.I. The van der Waals surface area contributed by atoms with Gasteiger partial charge < -0.3 is 15.5 Å². The van der Waals surface area contributed by atoms with Crippen LogP contribution in [0, 0.1) is 12.7 Å². The molecular formula is C20H32FIN4O. The molecule has 1 saturated heterocycles. The van der Waals surface area contributed by atoms with Gasteiger partial charge in [0.1, 0.15) is 5.82 Å². The second-order valence-electron chi connectivity index (χ2n) is 6.75. The van der Waals surface area contributed by atoms with E-state index in [2.05, 4.69) is 15.6 Å². The van der Waals surface area contributed by atoms with E-state index in [1.54, 1.807) is 13.0 Å². The first kappa shape index (κ1) is 23.7. The second-order valence-corrected chi connectivity index (χ2v) is 6.75. The predicted octanol–water partition coefficient (Wildman–Crippen LogP) is 3.60. The Morgan fingerprint density at radius 3 is 2.81 bits per heavy atom. The summed E-state index contributed by atoms with van der Waals surface area (Å²) in [7, 11) is 0. The average molecular weight is 490 g/mol. The standard InChI is InChI=1S/C20H31FN4O.HI/c1-3-22-20(24-15-17-9-10-18(21)16(2)14-17)23-11-7-13-25-12-6-4-5-8-19(25)26;/h9-10,14H,3-8,11-13,15H2,1-2H3,(H2,22,23,24);1H. The number of hydrogen-bond acceptors (Lipinski definition) is 2. The summed E-state index contributed by atoms with van der Waals surface area (Å²) < 4.78 is 13.3. The van der Waals surface area contributed by atoms with Crippen LogP contribution in [0.4, 0.5) is 4.39 Å². The zero-order chi connectivity index (χ0) is 18.8. The molecule has 2 N–H and O–H groups in total. The maximum atomic E-state index is 13.3. The Balaban J connectivity index is 0.00000364. The number of aryl methyl sites for hydroxylation is 1. The number of nitrogens with zero attached hydrogens (tertiary/aromatic N) is 2. The lowest BCUT2D eigenvalue weighted by molar-refractivity contribution is -0.130. The number of hydrogen-bond donors (Lipinski definition) is 2. The number of benzene rings is 1. The van der Waals surface area contributed by atoms with E-state index in [1.807, 2.05) is 17.9 Å². The number of aliphatic imine (C=N–C) groups is 1. The molecule has 0 aliphatic carbocycles. The van der Waals surface area contributed by atoms with Crippen LogP contribution in [-0.4, -0.2) is 42.9 Å². The molecule has 2 rings (SSSR count). The Kier molecular flexibility index (Phi) is 11.3. The van der Waals surface area contributed by atoms with E-state index < -0.39 is 0 Å². The number of carbonyl (C=O) groups is 1. The largest absolute Gasteiger partial charge is 0.357 e. The zero-order valence-electron chi connectivity index (χ0n) is 16.4. The van der Waals surface area contributed by atoms with Crippen molar-refractivity contribution < 1.29 is 9.18 Å². The summed E-state index contributed by atoms with van der Waals surface area (Å²) in [5.41, 5.74) is 1.62. The van der Waals surface area contributed by atoms with Crippen molar-refractivity contribution in [2.75, 3.05) is 26.2 Å². The molecule has 0 spiro atoms. The molecule has 0 atom stereocenters. The lowest BCUT2D eigenvalue weighted by Crippen LogP contribution is -2.39. The van der Waals surface area contributed by atoms with E-state index >= 15 is 0 Å². The number of carbonyl (C=O) groups excluding carboxylic acids is 1. The molecular weight excluding hydrogens is 458 g/mol. The van der Waals surface area contributed by atoms with E-state index in [0.29, 0.717) is 18.5 Å². The molecule has 152 valence electrons. The molecule has 5 nitrogen and oxygen atoms in total. The van der Waals surface area contributed by atoms with E-state index in [0.717, 1.165) is 63.4 Å².